The molecule has 20 heavy (non-hydrogen) atoms. The molecule has 1 aromatic carbocycles. The molecular formula is C13H12F3NO3. The lowest BCUT2D eigenvalue weighted by molar-refractivity contribution is -0.138. The fourth-order valence-electron chi connectivity index (χ4n) is 1.38. The summed E-state index contributed by atoms with van der Waals surface area (Å²) < 4.78 is 41.6. The van der Waals surface area contributed by atoms with Crippen molar-refractivity contribution < 1.29 is 27.5 Å². The SMILES string of the molecule is COC(=O)/C(=C/c1ccc(C(F)(F)F)cc1)NC(C)=O. The van der Waals surface area contributed by atoms with Crippen molar-refractivity contribution in [3.05, 3.63) is 41.1 Å². The number of hydrogen-bond acceptors (Lipinski definition) is 3. The molecule has 0 spiro atoms. The van der Waals surface area contributed by atoms with Crippen molar-refractivity contribution in [2.24, 2.45) is 0 Å². The molecule has 108 valence electrons. The minimum Gasteiger partial charge on any atom is -0.464 e. The van der Waals surface area contributed by atoms with Gasteiger partial charge < -0.3 is 10.1 Å². The summed E-state index contributed by atoms with van der Waals surface area (Å²) in [6.45, 7) is 1.20. The molecule has 0 atom stereocenters. The summed E-state index contributed by atoms with van der Waals surface area (Å²) in [5.74, 6) is -1.28. The van der Waals surface area contributed by atoms with Crippen LogP contribution in [0.2, 0.25) is 0 Å². The third kappa shape index (κ3) is 4.42. The van der Waals surface area contributed by atoms with E-state index in [4.69, 9.17) is 0 Å². The number of benzene rings is 1. The Morgan fingerprint density at radius 3 is 2.15 bits per heavy atom. The van der Waals surface area contributed by atoms with Crippen molar-refractivity contribution >= 4 is 18.0 Å². The van der Waals surface area contributed by atoms with Gasteiger partial charge in [-0.2, -0.15) is 13.2 Å². The van der Waals surface area contributed by atoms with E-state index >= 15 is 0 Å². The number of methoxy groups -OCH3 is 1. The minimum absolute atomic E-state index is 0.153. The first-order valence-corrected chi connectivity index (χ1v) is 5.49. The fraction of sp³-hybridized carbons (Fsp3) is 0.231. The van der Waals surface area contributed by atoms with Crippen molar-refractivity contribution in [3.8, 4) is 0 Å². The van der Waals surface area contributed by atoms with Crippen LogP contribution in [-0.4, -0.2) is 19.0 Å². The van der Waals surface area contributed by atoms with Crippen LogP contribution in [0.5, 0.6) is 0 Å². The first-order valence-electron chi connectivity index (χ1n) is 5.49. The van der Waals surface area contributed by atoms with Crippen molar-refractivity contribution in [1.29, 1.82) is 0 Å². The average Bonchev–Trinajstić information content (AvgIpc) is 2.36. The highest BCUT2D eigenvalue weighted by Crippen LogP contribution is 2.29. The Hall–Kier alpha value is -2.31. The number of alkyl halides is 3. The van der Waals surface area contributed by atoms with Crippen LogP contribution < -0.4 is 5.32 Å². The van der Waals surface area contributed by atoms with Crippen molar-refractivity contribution in [1.82, 2.24) is 5.32 Å². The molecular weight excluding hydrogens is 275 g/mol. The molecule has 0 fully saturated rings. The molecule has 0 aromatic heterocycles. The van der Waals surface area contributed by atoms with Gasteiger partial charge in [0.1, 0.15) is 5.70 Å². The number of nitrogens with one attached hydrogen (secondary N) is 1. The third-order valence-corrected chi connectivity index (χ3v) is 2.27. The molecule has 1 amide bonds. The molecule has 1 rings (SSSR count). The standard InChI is InChI=1S/C13H12F3NO3/c1-8(18)17-11(12(19)20-2)7-9-3-5-10(6-4-9)13(14,15)16/h3-7H,1-2H3,(H,17,18)/b11-7-. The van der Waals surface area contributed by atoms with E-state index in [1.54, 1.807) is 0 Å². The van der Waals surface area contributed by atoms with Gasteiger partial charge in [-0.1, -0.05) is 12.1 Å². The molecule has 0 aliphatic carbocycles. The van der Waals surface area contributed by atoms with Gasteiger partial charge >= 0.3 is 12.1 Å². The first kappa shape index (κ1) is 15.7. The molecule has 4 nitrogen and oxygen atoms in total. The second-order valence-electron chi connectivity index (χ2n) is 3.85. The molecule has 0 saturated carbocycles. The maximum absolute atomic E-state index is 12.4. The summed E-state index contributed by atoms with van der Waals surface area (Å²) in [6, 6.07) is 4.14. The van der Waals surface area contributed by atoms with Gasteiger partial charge in [-0.15, -0.1) is 0 Å². The van der Waals surface area contributed by atoms with Gasteiger partial charge in [-0.25, -0.2) is 4.79 Å². The van der Waals surface area contributed by atoms with Crippen molar-refractivity contribution in [2.75, 3.05) is 7.11 Å². The highest BCUT2D eigenvalue weighted by Gasteiger charge is 2.29. The monoisotopic (exact) mass is 287 g/mol. The predicted molar refractivity (Wildman–Crippen MR) is 65.3 cm³/mol. The van der Waals surface area contributed by atoms with Crippen molar-refractivity contribution in [2.45, 2.75) is 13.1 Å². The summed E-state index contributed by atoms with van der Waals surface area (Å²) in [5, 5.41) is 2.25. The van der Waals surface area contributed by atoms with Crippen LogP contribution in [0.15, 0.2) is 30.0 Å². The average molecular weight is 287 g/mol. The molecule has 1 aromatic rings. The summed E-state index contributed by atoms with van der Waals surface area (Å²) in [5.41, 5.74) is -0.624. The summed E-state index contributed by atoms with van der Waals surface area (Å²) in [4.78, 5) is 22.3. The normalized spacial score (nSPS) is 11.9. The van der Waals surface area contributed by atoms with E-state index in [1.165, 1.54) is 25.1 Å². The van der Waals surface area contributed by atoms with Gasteiger partial charge in [0, 0.05) is 6.92 Å². The molecule has 1 N–H and O–H groups in total. The number of amides is 1. The van der Waals surface area contributed by atoms with E-state index in [-0.39, 0.29) is 5.70 Å². The van der Waals surface area contributed by atoms with E-state index in [1.807, 2.05) is 0 Å². The van der Waals surface area contributed by atoms with Gasteiger partial charge in [0.2, 0.25) is 5.91 Å². The Kier molecular flexibility index (Phi) is 4.90. The van der Waals surface area contributed by atoms with Crippen molar-refractivity contribution in [3.63, 3.8) is 0 Å². The zero-order valence-electron chi connectivity index (χ0n) is 10.7. The van der Waals surface area contributed by atoms with Crippen LogP contribution >= 0.6 is 0 Å². The van der Waals surface area contributed by atoms with Gasteiger partial charge in [0.25, 0.3) is 0 Å². The van der Waals surface area contributed by atoms with Gasteiger partial charge in [-0.3, -0.25) is 4.79 Å². The topological polar surface area (TPSA) is 55.4 Å². The molecule has 0 radical (unpaired) electrons. The molecule has 0 bridgehead atoms. The van der Waals surface area contributed by atoms with E-state index in [2.05, 4.69) is 10.1 Å². The Bertz CT molecular complexity index is 533. The van der Waals surface area contributed by atoms with Crippen LogP contribution in [0.3, 0.4) is 0 Å². The quantitative estimate of drug-likeness (QED) is 0.686. The van der Waals surface area contributed by atoms with Gasteiger partial charge in [0.15, 0.2) is 0 Å². The van der Waals surface area contributed by atoms with Gasteiger partial charge in [0.05, 0.1) is 12.7 Å². The van der Waals surface area contributed by atoms with Crippen LogP contribution in [0.4, 0.5) is 13.2 Å². The number of halogens is 3. The number of hydrogen-bond donors (Lipinski definition) is 1. The lowest BCUT2D eigenvalue weighted by Crippen LogP contribution is -2.25. The zero-order valence-corrected chi connectivity index (χ0v) is 10.7. The Labute approximate surface area is 113 Å². The number of carbonyl (C=O) groups is 2. The minimum atomic E-state index is -4.43. The molecule has 7 heteroatoms. The highest BCUT2D eigenvalue weighted by molar-refractivity contribution is 5.97. The number of esters is 1. The third-order valence-electron chi connectivity index (χ3n) is 2.27. The largest absolute Gasteiger partial charge is 0.464 e. The lowest BCUT2D eigenvalue weighted by atomic mass is 10.1. The lowest BCUT2D eigenvalue weighted by Gasteiger charge is -2.08. The number of ether oxygens (including phenoxy) is 1. The smallest absolute Gasteiger partial charge is 0.416 e. The molecule has 0 aliphatic heterocycles. The summed E-state index contributed by atoms with van der Waals surface area (Å²) >= 11 is 0. The maximum Gasteiger partial charge on any atom is 0.416 e. The van der Waals surface area contributed by atoms with E-state index < -0.39 is 23.6 Å². The van der Waals surface area contributed by atoms with Crippen LogP contribution in [0.25, 0.3) is 6.08 Å². The maximum atomic E-state index is 12.4. The summed E-state index contributed by atoms with van der Waals surface area (Å²) in [6.07, 6.45) is -3.20. The molecule has 0 unspecified atom stereocenters. The van der Waals surface area contributed by atoms with E-state index in [9.17, 15) is 22.8 Å². The Morgan fingerprint density at radius 2 is 1.75 bits per heavy atom. The zero-order chi connectivity index (χ0) is 15.3. The Balaban J connectivity index is 3.05. The van der Waals surface area contributed by atoms with Crippen LogP contribution in [-0.2, 0) is 20.5 Å². The predicted octanol–water partition coefficient (Wildman–Crippen LogP) is 2.36. The second-order valence-corrected chi connectivity index (χ2v) is 3.85. The van der Waals surface area contributed by atoms with Crippen LogP contribution in [0, 0.1) is 0 Å². The van der Waals surface area contributed by atoms with E-state index in [0.29, 0.717) is 5.56 Å². The second kappa shape index (κ2) is 6.23. The molecule has 0 heterocycles. The molecule has 0 aliphatic rings. The summed E-state index contributed by atoms with van der Waals surface area (Å²) in [7, 11) is 1.13. The molecule has 0 saturated heterocycles. The Morgan fingerprint density at radius 1 is 1.20 bits per heavy atom. The first-order chi connectivity index (χ1) is 9.24. The van der Waals surface area contributed by atoms with Crippen LogP contribution in [0.1, 0.15) is 18.1 Å². The number of rotatable bonds is 3. The highest BCUT2D eigenvalue weighted by atomic mass is 19.4. The number of carbonyl (C=O) groups excluding carboxylic acids is 2. The fourth-order valence-corrected chi connectivity index (χ4v) is 1.38. The van der Waals surface area contributed by atoms with Gasteiger partial charge in [-0.05, 0) is 23.8 Å². The van der Waals surface area contributed by atoms with E-state index in [0.717, 1.165) is 19.2 Å².